The number of ether oxygens (including phenoxy) is 1. The number of hydrogen-bond donors (Lipinski definition) is 1. The van der Waals surface area contributed by atoms with Crippen molar-refractivity contribution in [1.82, 2.24) is 15.2 Å². The van der Waals surface area contributed by atoms with Crippen molar-refractivity contribution in [2.24, 2.45) is 5.92 Å². The Morgan fingerprint density at radius 2 is 2.09 bits per heavy atom. The van der Waals surface area contributed by atoms with E-state index in [2.05, 4.69) is 32.3 Å². The molecule has 1 aromatic carbocycles. The van der Waals surface area contributed by atoms with Gasteiger partial charge in [0.1, 0.15) is 5.75 Å². The molecule has 0 radical (unpaired) electrons. The Kier molecular flexibility index (Phi) is 4.37. The predicted molar refractivity (Wildman–Crippen MR) is 86.7 cm³/mol. The van der Waals surface area contributed by atoms with Crippen LogP contribution in [0, 0.1) is 5.92 Å². The number of anilines is 3. The molecule has 1 N–H and O–H groups in total. The highest BCUT2D eigenvalue weighted by Gasteiger charge is 2.18. The maximum absolute atomic E-state index is 5.15. The highest BCUT2D eigenvalue weighted by atomic mass is 16.5. The third-order valence-corrected chi connectivity index (χ3v) is 3.87. The van der Waals surface area contributed by atoms with E-state index in [1.807, 2.05) is 24.3 Å². The summed E-state index contributed by atoms with van der Waals surface area (Å²) in [5, 5.41) is 11.3. The van der Waals surface area contributed by atoms with E-state index in [4.69, 9.17) is 4.74 Å². The Balaban J connectivity index is 1.72. The Hall–Kier alpha value is -2.37. The zero-order valence-electron chi connectivity index (χ0n) is 13.0. The van der Waals surface area contributed by atoms with E-state index < -0.39 is 0 Å². The van der Waals surface area contributed by atoms with Crippen LogP contribution in [-0.4, -0.2) is 35.4 Å². The lowest BCUT2D eigenvalue weighted by Gasteiger charge is -2.31. The molecule has 1 aromatic heterocycles. The van der Waals surface area contributed by atoms with E-state index in [1.54, 1.807) is 13.3 Å². The van der Waals surface area contributed by atoms with Gasteiger partial charge in [-0.3, -0.25) is 0 Å². The molecule has 6 nitrogen and oxygen atoms in total. The second kappa shape index (κ2) is 6.60. The van der Waals surface area contributed by atoms with Crippen molar-refractivity contribution in [3.63, 3.8) is 0 Å². The third-order valence-electron chi connectivity index (χ3n) is 3.87. The van der Waals surface area contributed by atoms with Crippen LogP contribution in [0.3, 0.4) is 0 Å². The minimum atomic E-state index is 0.515. The van der Waals surface area contributed by atoms with Crippen LogP contribution in [0.1, 0.15) is 19.8 Å². The maximum atomic E-state index is 5.15. The van der Waals surface area contributed by atoms with Gasteiger partial charge in [-0.05, 0) is 43.0 Å². The number of piperidine rings is 1. The predicted octanol–water partition coefficient (Wildman–Crippen LogP) is 2.86. The van der Waals surface area contributed by atoms with Crippen molar-refractivity contribution >= 4 is 17.5 Å². The molecule has 6 heteroatoms. The molecule has 1 fully saturated rings. The van der Waals surface area contributed by atoms with Gasteiger partial charge in [0.2, 0.25) is 5.95 Å². The molecule has 0 spiro atoms. The van der Waals surface area contributed by atoms with Gasteiger partial charge in [0.25, 0.3) is 0 Å². The highest BCUT2D eigenvalue weighted by molar-refractivity contribution is 5.55. The fraction of sp³-hybridized carbons (Fsp3) is 0.438. The van der Waals surface area contributed by atoms with Crippen molar-refractivity contribution < 1.29 is 4.74 Å². The molecule has 3 rings (SSSR count). The van der Waals surface area contributed by atoms with Crippen LogP contribution in [0.15, 0.2) is 30.5 Å². The van der Waals surface area contributed by atoms with Crippen LogP contribution in [-0.2, 0) is 0 Å². The Labute approximate surface area is 130 Å². The van der Waals surface area contributed by atoms with Crippen LogP contribution < -0.4 is 15.0 Å². The third kappa shape index (κ3) is 3.44. The Morgan fingerprint density at radius 3 is 2.82 bits per heavy atom. The molecule has 1 aliphatic rings. The summed E-state index contributed by atoms with van der Waals surface area (Å²) >= 11 is 0. The molecule has 0 saturated carbocycles. The van der Waals surface area contributed by atoms with Crippen molar-refractivity contribution in [1.29, 1.82) is 0 Å². The summed E-state index contributed by atoms with van der Waals surface area (Å²) in [6.07, 6.45) is 4.22. The first kappa shape index (κ1) is 14.6. The summed E-state index contributed by atoms with van der Waals surface area (Å²) in [5.74, 6) is 2.92. The van der Waals surface area contributed by atoms with Crippen molar-refractivity contribution in [2.75, 3.05) is 30.4 Å². The minimum Gasteiger partial charge on any atom is -0.497 e. The highest BCUT2D eigenvalue weighted by Crippen LogP contribution is 2.22. The Morgan fingerprint density at radius 1 is 1.27 bits per heavy atom. The van der Waals surface area contributed by atoms with Gasteiger partial charge < -0.3 is 15.0 Å². The average molecular weight is 299 g/mol. The first-order valence-corrected chi connectivity index (χ1v) is 7.60. The van der Waals surface area contributed by atoms with Gasteiger partial charge in [0.05, 0.1) is 13.3 Å². The monoisotopic (exact) mass is 299 g/mol. The lowest BCUT2D eigenvalue weighted by atomic mass is 10.0. The van der Waals surface area contributed by atoms with Gasteiger partial charge in [-0.2, -0.15) is 10.1 Å². The molecule has 0 aliphatic carbocycles. The summed E-state index contributed by atoms with van der Waals surface area (Å²) < 4.78 is 5.15. The summed E-state index contributed by atoms with van der Waals surface area (Å²) in [6, 6.07) is 7.65. The quantitative estimate of drug-likeness (QED) is 0.936. The van der Waals surface area contributed by atoms with Gasteiger partial charge in [0, 0.05) is 18.8 Å². The van der Waals surface area contributed by atoms with E-state index in [0.717, 1.165) is 30.3 Å². The first-order chi connectivity index (χ1) is 10.7. The molecule has 22 heavy (non-hydrogen) atoms. The molecule has 0 amide bonds. The van der Waals surface area contributed by atoms with Gasteiger partial charge in [-0.25, -0.2) is 0 Å². The Bertz CT molecular complexity index is 616. The summed E-state index contributed by atoms with van der Waals surface area (Å²) in [6.45, 7) is 4.34. The summed E-state index contributed by atoms with van der Waals surface area (Å²) in [7, 11) is 1.65. The fourth-order valence-corrected chi connectivity index (χ4v) is 2.70. The maximum Gasteiger partial charge on any atom is 0.249 e. The van der Waals surface area contributed by atoms with Crippen LogP contribution in [0.5, 0.6) is 5.75 Å². The number of methoxy groups -OCH3 is 1. The van der Waals surface area contributed by atoms with Crippen LogP contribution in [0.25, 0.3) is 0 Å². The lowest BCUT2D eigenvalue weighted by Crippen LogP contribution is -2.35. The van der Waals surface area contributed by atoms with E-state index in [0.29, 0.717) is 11.9 Å². The number of hydrogen-bond acceptors (Lipinski definition) is 6. The fourth-order valence-electron chi connectivity index (χ4n) is 2.70. The standard InChI is InChI=1S/C16H21N5O/c1-12-4-3-9-21(11-12)15-10-17-20-16(19-15)18-13-5-7-14(22-2)8-6-13/h5-8,10,12H,3-4,9,11H2,1-2H3,(H,18,19,20). The summed E-state index contributed by atoms with van der Waals surface area (Å²) in [5.41, 5.74) is 0.909. The molecule has 2 heterocycles. The molecule has 2 aromatic rings. The minimum absolute atomic E-state index is 0.515. The van der Waals surface area contributed by atoms with Crippen molar-refractivity contribution in [2.45, 2.75) is 19.8 Å². The van der Waals surface area contributed by atoms with Gasteiger partial charge in [-0.1, -0.05) is 6.92 Å². The largest absolute Gasteiger partial charge is 0.497 e. The SMILES string of the molecule is COc1ccc(Nc2nncc(N3CCCC(C)C3)n2)cc1. The molecule has 116 valence electrons. The zero-order chi connectivity index (χ0) is 15.4. The van der Waals surface area contributed by atoms with Gasteiger partial charge in [0.15, 0.2) is 5.82 Å². The lowest BCUT2D eigenvalue weighted by molar-refractivity contribution is 0.415. The van der Waals surface area contributed by atoms with E-state index in [1.165, 1.54) is 12.8 Å². The number of nitrogens with zero attached hydrogens (tertiary/aromatic N) is 4. The van der Waals surface area contributed by atoms with Gasteiger partial charge >= 0.3 is 0 Å². The molecule has 1 aliphatic heterocycles. The van der Waals surface area contributed by atoms with Crippen LogP contribution in [0.2, 0.25) is 0 Å². The second-order valence-corrected chi connectivity index (χ2v) is 5.69. The molecule has 1 unspecified atom stereocenters. The molecular formula is C16H21N5O. The molecule has 1 saturated heterocycles. The summed E-state index contributed by atoms with van der Waals surface area (Å²) in [4.78, 5) is 6.86. The van der Waals surface area contributed by atoms with E-state index >= 15 is 0 Å². The van der Waals surface area contributed by atoms with E-state index in [-0.39, 0.29) is 0 Å². The normalized spacial score (nSPS) is 18.1. The molecule has 0 bridgehead atoms. The second-order valence-electron chi connectivity index (χ2n) is 5.69. The average Bonchev–Trinajstić information content (AvgIpc) is 2.56. The van der Waals surface area contributed by atoms with Gasteiger partial charge in [-0.15, -0.1) is 5.10 Å². The molecular weight excluding hydrogens is 278 g/mol. The molecule has 1 atom stereocenters. The van der Waals surface area contributed by atoms with Crippen LogP contribution >= 0.6 is 0 Å². The topological polar surface area (TPSA) is 63.2 Å². The number of rotatable bonds is 4. The first-order valence-electron chi connectivity index (χ1n) is 7.60. The number of aromatic nitrogens is 3. The van der Waals surface area contributed by atoms with E-state index in [9.17, 15) is 0 Å². The number of nitrogens with one attached hydrogen (secondary N) is 1. The van der Waals surface area contributed by atoms with Crippen molar-refractivity contribution in [3.8, 4) is 5.75 Å². The smallest absolute Gasteiger partial charge is 0.249 e. The van der Waals surface area contributed by atoms with Crippen LogP contribution in [0.4, 0.5) is 17.5 Å². The van der Waals surface area contributed by atoms with Crippen molar-refractivity contribution in [3.05, 3.63) is 30.5 Å². The zero-order valence-corrected chi connectivity index (χ0v) is 13.0. The number of benzene rings is 1.